The molecule has 0 saturated carbocycles. The van der Waals surface area contributed by atoms with E-state index in [0.717, 1.165) is 19.6 Å². The van der Waals surface area contributed by atoms with E-state index >= 15 is 0 Å². The van der Waals surface area contributed by atoms with E-state index < -0.39 is 18.2 Å². The minimum Gasteiger partial charge on any atom is -0.479 e. The Morgan fingerprint density at radius 1 is 1.35 bits per heavy atom. The fourth-order valence-electron chi connectivity index (χ4n) is 2.53. The van der Waals surface area contributed by atoms with Crippen molar-refractivity contribution in [1.29, 1.82) is 0 Å². The summed E-state index contributed by atoms with van der Waals surface area (Å²) in [6, 6.07) is 0. The maximum absolute atomic E-state index is 11.9. The summed E-state index contributed by atoms with van der Waals surface area (Å²) in [4.78, 5) is 24.9. The molecular formula is C13H22N2O5. The van der Waals surface area contributed by atoms with Crippen LogP contribution in [-0.2, 0) is 19.1 Å². The molecule has 2 saturated heterocycles. The van der Waals surface area contributed by atoms with Gasteiger partial charge in [0.1, 0.15) is 6.10 Å². The SMILES string of the molecule is CCN1CCOC(CNC(=O)[C@@H]2CC[C@H](C(=O)O)O2)C1. The highest BCUT2D eigenvalue weighted by Gasteiger charge is 2.34. The monoisotopic (exact) mass is 286 g/mol. The normalized spacial score (nSPS) is 31.1. The first-order valence-corrected chi connectivity index (χ1v) is 7.10. The lowest BCUT2D eigenvalue weighted by Crippen LogP contribution is -2.48. The summed E-state index contributed by atoms with van der Waals surface area (Å²) in [7, 11) is 0. The molecule has 0 aromatic heterocycles. The first kappa shape index (κ1) is 15.2. The van der Waals surface area contributed by atoms with Crippen molar-refractivity contribution in [2.24, 2.45) is 0 Å². The van der Waals surface area contributed by atoms with Crippen molar-refractivity contribution in [3.05, 3.63) is 0 Å². The first-order chi connectivity index (χ1) is 9.60. The van der Waals surface area contributed by atoms with Crippen LogP contribution in [0.3, 0.4) is 0 Å². The number of likely N-dealkylation sites (N-methyl/N-ethyl adjacent to an activating group) is 1. The summed E-state index contributed by atoms with van der Waals surface area (Å²) in [5.74, 6) is -1.25. The van der Waals surface area contributed by atoms with Crippen LogP contribution in [0.25, 0.3) is 0 Å². The number of aliphatic carboxylic acids is 1. The molecule has 2 aliphatic rings. The summed E-state index contributed by atoms with van der Waals surface area (Å²) in [6.45, 7) is 5.91. The minimum absolute atomic E-state index is 0.00989. The van der Waals surface area contributed by atoms with Gasteiger partial charge in [-0.1, -0.05) is 6.92 Å². The van der Waals surface area contributed by atoms with Crippen molar-refractivity contribution in [3.8, 4) is 0 Å². The number of amides is 1. The Balaban J connectivity index is 1.71. The van der Waals surface area contributed by atoms with Gasteiger partial charge in [-0.25, -0.2) is 4.79 Å². The molecule has 0 aromatic carbocycles. The van der Waals surface area contributed by atoms with Gasteiger partial charge in [0.2, 0.25) is 5.91 Å². The van der Waals surface area contributed by atoms with Crippen molar-refractivity contribution < 1.29 is 24.2 Å². The van der Waals surface area contributed by atoms with Gasteiger partial charge in [-0.15, -0.1) is 0 Å². The van der Waals surface area contributed by atoms with E-state index in [4.69, 9.17) is 14.6 Å². The standard InChI is InChI=1S/C13H22N2O5/c1-2-15-5-6-19-9(8-15)7-14-12(16)10-3-4-11(20-10)13(17)18/h9-11H,2-8H2,1H3,(H,14,16)(H,17,18)/t9?,10-,11+/m0/s1. The molecule has 7 heteroatoms. The summed E-state index contributed by atoms with van der Waals surface area (Å²) in [5.41, 5.74) is 0. The van der Waals surface area contributed by atoms with Crippen LogP contribution in [0, 0.1) is 0 Å². The number of rotatable bonds is 5. The van der Waals surface area contributed by atoms with E-state index in [0.29, 0.717) is 26.0 Å². The maximum Gasteiger partial charge on any atom is 0.332 e. The van der Waals surface area contributed by atoms with Gasteiger partial charge in [0.25, 0.3) is 0 Å². The fraction of sp³-hybridized carbons (Fsp3) is 0.846. The van der Waals surface area contributed by atoms with Gasteiger partial charge in [0.05, 0.1) is 12.7 Å². The van der Waals surface area contributed by atoms with Crippen LogP contribution >= 0.6 is 0 Å². The molecule has 1 unspecified atom stereocenters. The van der Waals surface area contributed by atoms with Crippen LogP contribution in [0.15, 0.2) is 0 Å². The molecule has 2 heterocycles. The molecule has 0 aliphatic carbocycles. The zero-order valence-corrected chi connectivity index (χ0v) is 11.7. The number of carboxylic acids is 1. The van der Waals surface area contributed by atoms with Crippen LogP contribution in [0.4, 0.5) is 0 Å². The molecule has 0 spiro atoms. The second kappa shape index (κ2) is 7.01. The topological polar surface area (TPSA) is 88.1 Å². The van der Waals surface area contributed by atoms with Crippen molar-refractivity contribution in [2.75, 3.05) is 32.8 Å². The zero-order valence-electron chi connectivity index (χ0n) is 11.7. The van der Waals surface area contributed by atoms with Crippen molar-refractivity contribution in [2.45, 2.75) is 38.1 Å². The number of hydrogen-bond acceptors (Lipinski definition) is 5. The molecule has 0 aromatic rings. The highest BCUT2D eigenvalue weighted by atomic mass is 16.5. The molecule has 2 aliphatic heterocycles. The lowest BCUT2D eigenvalue weighted by Gasteiger charge is -2.32. The molecular weight excluding hydrogens is 264 g/mol. The van der Waals surface area contributed by atoms with Crippen LogP contribution in [-0.4, -0.2) is 73.0 Å². The molecule has 2 N–H and O–H groups in total. The molecule has 2 fully saturated rings. The average Bonchev–Trinajstić information content (AvgIpc) is 2.95. The third-order valence-corrected chi connectivity index (χ3v) is 3.76. The number of nitrogens with one attached hydrogen (secondary N) is 1. The summed E-state index contributed by atoms with van der Waals surface area (Å²) in [6.07, 6.45) is -0.676. The Labute approximate surface area is 118 Å². The van der Waals surface area contributed by atoms with Gasteiger partial charge < -0.3 is 19.9 Å². The quantitative estimate of drug-likeness (QED) is 0.705. The lowest BCUT2D eigenvalue weighted by molar-refractivity contribution is -0.152. The van der Waals surface area contributed by atoms with Crippen LogP contribution in [0.2, 0.25) is 0 Å². The number of nitrogens with zero attached hydrogens (tertiary/aromatic N) is 1. The number of carboxylic acid groups (broad SMARTS) is 1. The van der Waals surface area contributed by atoms with Gasteiger partial charge >= 0.3 is 5.97 Å². The number of carbonyl (C=O) groups is 2. The first-order valence-electron chi connectivity index (χ1n) is 7.10. The summed E-state index contributed by atoms with van der Waals surface area (Å²) < 4.78 is 10.8. The van der Waals surface area contributed by atoms with Gasteiger partial charge in [0.15, 0.2) is 6.10 Å². The maximum atomic E-state index is 11.9. The Bertz CT molecular complexity index is 363. The third-order valence-electron chi connectivity index (χ3n) is 3.76. The molecule has 1 amide bonds. The van der Waals surface area contributed by atoms with E-state index in [1.807, 2.05) is 0 Å². The van der Waals surface area contributed by atoms with E-state index in [-0.39, 0.29) is 12.0 Å². The predicted octanol–water partition coefficient (Wildman–Crippen LogP) is -0.544. The Morgan fingerprint density at radius 3 is 2.75 bits per heavy atom. The zero-order chi connectivity index (χ0) is 14.5. The van der Waals surface area contributed by atoms with Crippen molar-refractivity contribution >= 4 is 11.9 Å². The van der Waals surface area contributed by atoms with E-state index in [2.05, 4.69) is 17.1 Å². The van der Waals surface area contributed by atoms with Crippen LogP contribution in [0.1, 0.15) is 19.8 Å². The smallest absolute Gasteiger partial charge is 0.332 e. The predicted molar refractivity (Wildman–Crippen MR) is 70.4 cm³/mol. The number of carbonyl (C=O) groups excluding carboxylic acids is 1. The number of hydrogen-bond donors (Lipinski definition) is 2. The summed E-state index contributed by atoms with van der Waals surface area (Å²) >= 11 is 0. The van der Waals surface area contributed by atoms with Crippen LogP contribution < -0.4 is 5.32 Å². The van der Waals surface area contributed by atoms with Gasteiger partial charge in [-0.3, -0.25) is 9.69 Å². The van der Waals surface area contributed by atoms with E-state index in [1.165, 1.54) is 0 Å². The third kappa shape index (κ3) is 3.91. The van der Waals surface area contributed by atoms with Crippen molar-refractivity contribution in [1.82, 2.24) is 10.2 Å². The number of ether oxygens (including phenoxy) is 2. The molecule has 7 nitrogen and oxygen atoms in total. The van der Waals surface area contributed by atoms with Crippen LogP contribution in [0.5, 0.6) is 0 Å². The highest BCUT2D eigenvalue weighted by molar-refractivity contribution is 5.82. The second-order valence-electron chi connectivity index (χ2n) is 5.16. The highest BCUT2D eigenvalue weighted by Crippen LogP contribution is 2.19. The molecule has 20 heavy (non-hydrogen) atoms. The number of morpholine rings is 1. The Hall–Kier alpha value is -1.18. The van der Waals surface area contributed by atoms with Gasteiger partial charge in [-0.2, -0.15) is 0 Å². The van der Waals surface area contributed by atoms with Gasteiger partial charge in [0, 0.05) is 19.6 Å². The lowest BCUT2D eigenvalue weighted by atomic mass is 10.2. The molecule has 2 rings (SSSR count). The molecule has 0 radical (unpaired) electrons. The fourth-order valence-corrected chi connectivity index (χ4v) is 2.53. The summed E-state index contributed by atoms with van der Waals surface area (Å²) in [5, 5.41) is 11.6. The van der Waals surface area contributed by atoms with E-state index in [9.17, 15) is 9.59 Å². The molecule has 0 bridgehead atoms. The van der Waals surface area contributed by atoms with Gasteiger partial charge in [-0.05, 0) is 19.4 Å². The van der Waals surface area contributed by atoms with Crippen molar-refractivity contribution in [3.63, 3.8) is 0 Å². The largest absolute Gasteiger partial charge is 0.479 e. The second-order valence-corrected chi connectivity index (χ2v) is 5.16. The van der Waals surface area contributed by atoms with E-state index in [1.54, 1.807) is 0 Å². The Kier molecular flexibility index (Phi) is 5.33. The molecule has 114 valence electrons. The minimum atomic E-state index is -1.01. The Morgan fingerprint density at radius 2 is 2.10 bits per heavy atom. The molecule has 3 atom stereocenters. The average molecular weight is 286 g/mol.